The van der Waals surface area contributed by atoms with E-state index in [1.165, 1.54) is 0 Å². The lowest BCUT2D eigenvalue weighted by Gasteiger charge is -2.43. The first kappa shape index (κ1) is 32.0. The summed E-state index contributed by atoms with van der Waals surface area (Å²) in [4.78, 5) is 41.0. The van der Waals surface area contributed by atoms with Crippen molar-refractivity contribution in [1.29, 1.82) is 5.26 Å². The Hall–Kier alpha value is -4.53. The van der Waals surface area contributed by atoms with Crippen LogP contribution in [0.3, 0.4) is 0 Å². The number of fused-ring (bicyclic) bond motifs is 2. The molecule has 1 unspecified atom stereocenters. The fraction of sp³-hybridized carbons (Fsp3) is 0.444. The molecule has 248 valence electrons. The van der Waals surface area contributed by atoms with E-state index in [2.05, 4.69) is 62.1 Å². The summed E-state index contributed by atoms with van der Waals surface area (Å²) in [6.45, 7) is 6.34. The molecule has 0 bridgehead atoms. The quantitative estimate of drug-likeness (QED) is 0.259. The molecule has 0 radical (unpaired) electrons. The lowest BCUT2D eigenvalue weighted by Crippen LogP contribution is -2.56. The van der Waals surface area contributed by atoms with Crippen LogP contribution in [0.4, 0.5) is 11.5 Å². The maximum absolute atomic E-state index is 13.7. The summed E-state index contributed by atoms with van der Waals surface area (Å²) >= 11 is 6.74. The Morgan fingerprint density at radius 1 is 1.08 bits per heavy atom. The van der Waals surface area contributed by atoms with E-state index in [9.17, 15) is 10.1 Å². The van der Waals surface area contributed by atoms with E-state index in [0.717, 1.165) is 70.9 Å². The second kappa shape index (κ2) is 13.9. The standard InChI is InChI=1S/C36H40ClN9O2/c1-24(30-20-39-14-15-40-30)35(47)46-19-18-45(21-26(46)11-13-38)34-28-12-17-44(32-10-4-7-25-6-3-9-29(37)33(25)32)22-31(28)41-36(42-34)48-23-27-8-5-16-43(27)2/h3-4,6-7,9-10,14-15,20,24,26-27H,5,8,11-12,16-19,21-23H2,1-2H3/t24?,26-,27-/m0/s1. The highest BCUT2D eigenvalue weighted by Crippen LogP contribution is 2.37. The van der Waals surface area contributed by atoms with Crippen LogP contribution in [0.2, 0.25) is 5.02 Å². The number of rotatable bonds is 8. The van der Waals surface area contributed by atoms with Gasteiger partial charge in [0.05, 0.1) is 47.4 Å². The van der Waals surface area contributed by atoms with Crippen LogP contribution in [0.5, 0.6) is 6.01 Å². The largest absolute Gasteiger partial charge is 0.462 e. The number of hydrogen-bond donors (Lipinski definition) is 0. The van der Waals surface area contributed by atoms with Gasteiger partial charge in [-0.25, -0.2) is 0 Å². The third kappa shape index (κ3) is 6.34. The Morgan fingerprint density at radius 3 is 2.71 bits per heavy atom. The molecule has 48 heavy (non-hydrogen) atoms. The Morgan fingerprint density at radius 2 is 1.94 bits per heavy atom. The van der Waals surface area contributed by atoms with E-state index in [-0.39, 0.29) is 18.4 Å². The summed E-state index contributed by atoms with van der Waals surface area (Å²) in [5.74, 6) is 0.331. The van der Waals surface area contributed by atoms with Gasteiger partial charge in [0.1, 0.15) is 12.4 Å². The van der Waals surface area contributed by atoms with Gasteiger partial charge in [-0.2, -0.15) is 15.2 Å². The van der Waals surface area contributed by atoms with Crippen molar-refractivity contribution < 1.29 is 9.53 Å². The minimum atomic E-state index is -0.458. The normalized spacial score (nSPS) is 20.4. The number of likely N-dealkylation sites (N-methyl/N-ethyl adjacent to an activating group) is 1. The van der Waals surface area contributed by atoms with Crippen LogP contribution >= 0.6 is 11.6 Å². The molecule has 3 aliphatic rings. The number of benzene rings is 2. The zero-order valence-corrected chi connectivity index (χ0v) is 28.2. The molecule has 0 saturated carbocycles. The number of piperazine rings is 1. The predicted octanol–water partition coefficient (Wildman–Crippen LogP) is 4.84. The highest BCUT2D eigenvalue weighted by atomic mass is 35.5. The van der Waals surface area contributed by atoms with Crippen LogP contribution in [0.15, 0.2) is 55.0 Å². The number of carbonyl (C=O) groups excluding carboxylic acids is 1. The van der Waals surface area contributed by atoms with Crippen molar-refractivity contribution in [2.24, 2.45) is 0 Å². The minimum Gasteiger partial charge on any atom is -0.462 e. The van der Waals surface area contributed by atoms with E-state index >= 15 is 0 Å². The van der Waals surface area contributed by atoms with Gasteiger partial charge in [0.25, 0.3) is 0 Å². The third-order valence-corrected chi connectivity index (χ3v) is 10.4. The van der Waals surface area contributed by atoms with Crippen molar-refractivity contribution in [2.75, 3.05) is 56.2 Å². The van der Waals surface area contributed by atoms with Gasteiger partial charge in [0, 0.05) is 67.4 Å². The van der Waals surface area contributed by atoms with Crippen LogP contribution in [0.25, 0.3) is 10.8 Å². The fourth-order valence-corrected chi connectivity index (χ4v) is 7.63. The molecule has 0 aliphatic carbocycles. The first-order chi connectivity index (χ1) is 23.4. The van der Waals surface area contributed by atoms with E-state index in [0.29, 0.717) is 50.5 Å². The maximum Gasteiger partial charge on any atom is 0.318 e. The SMILES string of the molecule is CC(C(=O)N1CCN(c2nc(OC[C@@H]3CCCN3C)nc3c2CCN(c2cccc4cccc(Cl)c24)C3)C[C@@H]1CC#N)c1cnccn1. The van der Waals surface area contributed by atoms with Crippen LogP contribution < -0.4 is 14.5 Å². The predicted molar refractivity (Wildman–Crippen MR) is 185 cm³/mol. The second-order valence-corrected chi connectivity index (χ2v) is 13.4. The summed E-state index contributed by atoms with van der Waals surface area (Å²) < 4.78 is 6.34. The molecule has 0 N–H and O–H groups in total. The number of carbonyl (C=O) groups is 1. The van der Waals surface area contributed by atoms with E-state index in [1.807, 2.05) is 24.0 Å². The van der Waals surface area contributed by atoms with Gasteiger partial charge in [-0.15, -0.1) is 0 Å². The fourth-order valence-electron chi connectivity index (χ4n) is 7.35. The molecular formula is C36H40ClN9O2. The van der Waals surface area contributed by atoms with Crippen molar-refractivity contribution in [1.82, 2.24) is 29.7 Å². The van der Waals surface area contributed by atoms with Gasteiger partial charge in [-0.3, -0.25) is 14.8 Å². The average Bonchev–Trinajstić information content (AvgIpc) is 3.54. The van der Waals surface area contributed by atoms with Gasteiger partial charge in [0.2, 0.25) is 5.91 Å². The minimum absolute atomic E-state index is 0.0470. The Bertz CT molecular complexity index is 1830. The number of nitriles is 1. The highest BCUT2D eigenvalue weighted by Gasteiger charge is 2.36. The molecule has 12 heteroatoms. The molecule has 3 atom stereocenters. The number of ether oxygens (including phenoxy) is 1. The molecule has 2 aromatic heterocycles. The summed E-state index contributed by atoms with van der Waals surface area (Å²) in [6, 6.07) is 15.0. The molecule has 1 amide bonds. The first-order valence-electron chi connectivity index (χ1n) is 16.7. The molecule has 7 rings (SSSR count). The molecule has 2 fully saturated rings. The van der Waals surface area contributed by atoms with E-state index in [4.69, 9.17) is 26.3 Å². The summed E-state index contributed by atoms with van der Waals surface area (Å²) in [5, 5.41) is 12.7. The van der Waals surface area contributed by atoms with Crippen LogP contribution in [-0.4, -0.2) is 94.1 Å². The Balaban J connectivity index is 1.19. The summed E-state index contributed by atoms with van der Waals surface area (Å²) in [5.41, 5.74) is 3.72. The van der Waals surface area contributed by atoms with Crippen molar-refractivity contribution in [3.63, 3.8) is 0 Å². The molecule has 5 heterocycles. The van der Waals surface area contributed by atoms with Gasteiger partial charge in [-0.05, 0) is 57.3 Å². The van der Waals surface area contributed by atoms with Gasteiger partial charge < -0.3 is 24.3 Å². The molecule has 4 aromatic rings. The lowest BCUT2D eigenvalue weighted by atomic mass is 10.00. The van der Waals surface area contributed by atoms with Crippen molar-refractivity contribution in [3.05, 3.63) is 77.0 Å². The van der Waals surface area contributed by atoms with Crippen LogP contribution in [0, 0.1) is 11.3 Å². The second-order valence-electron chi connectivity index (χ2n) is 13.0. The zero-order chi connectivity index (χ0) is 33.2. The first-order valence-corrected chi connectivity index (χ1v) is 17.1. The number of hydrogen-bond acceptors (Lipinski definition) is 10. The van der Waals surface area contributed by atoms with E-state index < -0.39 is 5.92 Å². The van der Waals surface area contributed by atoms with Gasteiger partial charge in [-0.1, -0.05) is 35.9 Å². The number of halogens is 1. The molecule has 0 spiro atoms. The highest BCUT2D eigenvalue weighted by molar-refractivity contribution is 6.36. The molecule has 2 aromatic carbocycles. The molecule has 3 aliphatic heterocycles. The molecular weight excluding hydrogens is 626 g/mol. The van der Waals surface area contributed by atoms with E-state index in [1.54, 1.807) is 18.6 Å². The van der Waals surface area contributed by atoms with Gasteiger partial charge in [0.15, 0.2) is 0 Å². The molecule has 2 saturated heterocycles. The van der Waals surface area contributed by atoms with Crippen molar-refractivity contribution in [2.45, 2.75) is 57.2 Å². The zero-order valence-electron chi connectivity index (χ0n) is 27.4. The lowest BCUT2D eigenvalue weighted by molar-refractivity contribution is -0.135. The van der Waals surface area contributed by atoms with Gasteiger partial charge >= 0.3 is 6.01 Å². The Labute approximate surface area is 286 Å². The smallest absolute Gasteiger partial charge is 0.318 e. The maximum atomic E-state index is 13.7. The number of amides is 1. The number of likely N-dealkylation sites (tertiary alicyclic amines) is 1. The third-order valence-electron chi connectivity index (χ3n) is 10.1. The molecule has 11 nitrogen and oxygen atoms in total. The van der Waals surface area contributed by atoms with Crippen LogP contribution in [-0.2, 0) is 17.8 Å². The summed E-state index contributed by atoms with van der Waals surface area (Å²) in [7, 11) is 2.13. The number of nitrogens with zero attached hydrogens (tertiary/aromatic N) is 9. The Kier molecular flexibility index (Phi) is 9.28. The monoisotopic (exact) mass is 665 g/mol. The number of aromatic nitrogens is 4. The number of anilines is 2. The topological polar surface area (TPSA) is 115 Å². The van der Waals surface area contributed by atoms with Crippen LogP contribution in [0.1, 0.15) is 49.1 Å². The summed E-state index contributed by atoms with van der Waals surface area (Å²) in [6.07, 6.45) is 8.03. The van der Waals surface area contributed by atoms with Crippen molar-refractivity contribution >= 4 is 39.8 Å². The van der Waals surface area contributed by atoms with Crippen molar-refractivity contribution in [3.8, 4) is 12.1 Å². The average molecular weight is 666 g/mol.